The molecule has 7 nitrogen and oxygen atoms in total. The van der Waals surface area contributed by atoms with Gasteiger partial charge in [0, 0.05) is 63.7 Å². The van der Waals surface area contributed by atoms with Crippen LogP contribution in [0.4, 0.5) is 11.6 Å². The number of nitrogens with zero attached hydrogens (tertiary/aromatic N) is 4. The summed E-state index contributed by atoms with van der Waals surface area (Å²) in [6.45, 7) is 6.55. The van der Waals surface area contributed by atoms with E-state index in [1.165, 1.54) is 5.56 Å². The van der Waals surface area contributed by atoms with E-state index in [1.807, 2.05) is 37.1 Å². The third-order valence-electron chi connectivity index (χ3n) is 6.43. The van der Waals surface area contributed by atoms with Gasteiger partial charge in [-0.1, -0.05) is 12.1 Å². The molecule has 1 aliphatic rings. The first kappa shape index (κ1) is 24.3. The molecule has 1 aromatic carbocycles. The van der Waals surface area contributed by atoms with E-state index in [-0.39, 0.29) is 5.56 Å². The topological polar surface area (TPSA) is 84.7 Å². The van der Waals surface area contributed by atoms with Crippen molar-refractivity contribution in [2.24, 2.45) is 0 Å². The number of hydrogen-bond donors (Lipinski definition) is 2. The fourth-order valence-electron chi connectivity index (χ4n) is 4.53. The highest BCUT2D eigenvalue weighted by Gasteiger charge is 2.19. The molecule has 5 aromatic rings. The van der Waals surface area contributed by atoms with Crippen LogP contribution in [0.2, 0.25) is 0 Å². The Bertz CT molecular complexity index is 1600. The van der Waals surface area contributed by atoms with Gasteiger partial charge in [0.2, 0.25) is 5.95 Å². The van der Waals surface area contributed by atoms with E-state index >= 15 is 0 Å². The van der Waals surface area contributed by atoms with Gasteiger partial charge in [0.25, 0.3) is 5.56 Å². The van der Waals surface area contributed by atoms with Crippen molar-refractivity contribution in [2.45, 2.75) is 25.6 Å². The SMILES string of the molecule is CCn1c(=O)c(-c2nc(-c3ccsc3)sc2C)cc2cnc(Nc3ccc(C4CNCCS4)cc3)nc21. The molecular formula is C27H26N6OS3. The highest BCUT2D eigenvalue weighted by molar-refractivity contribution is 7.99. The van der Waals surface area contributed by atoms with Crippen molar-refractivity contribution in [3.63, 3.8) is 0 Å². The zero-order valence-corrected chi connectivity index (χ0v) is 23.0. The molecule has 1 unspecified atom stereocenters. The van der Waals surface area contributed by atoms with Crippen molar-refractivity contribution >= 4 is 57.1 Å². The average Bonchev–Trinajstić information content (AvgIpc) is 3.60. The molecule has 0 amide bonds. The minimum atomic E-state index is -0.0899. The van der Waals surface area contributed by atoms with Crippen LogP contribution in [0, 0.1) is 6.92 Å². The van der Waals surface area contributed by atoms with Crippen molar-refractivity contribution in [3.05, 3.63) is 74.1 Å². The summed E-state index contributed by atoms with van der Waals surface area (Å²) < 4.78 is 1.71. The second-order valence-corrected chi connectivity index (χ2v) is 12.1. The lowest BCUT2D eigenvalue weighted by atomic mass is 10.1. The second-order valence-electron chi connectivity index (χ2n) is 8.83. The number of hydrogen-bond acceptors (Lipinski definition) is 9. The zero-order valence-electron chi connectivity index (χ0n) is 20.5. The van der Waals surface area contributed by atoms with Crippen molar-refractivity contribution in [2.75, 3.05) is 24.2 Å². The predicted octanol–water partition coefficient (Wildman–Crippen LogP) is 6.09. The van der Waals surface area contributed by atoms with Gasteiger partial charge in [0.1, 0.15) is 10.7 Å². The van der Waals surface area contributed by atoms with Gasteiger partial charge in [-0.05, 0) is 49.1 Å². The van der Waals surface area contributed by atoms with Crippen molar-refractivity contribution in [3.8, 4) is 21.8 Å². The van der Waals surface area contributed by atoms with Gasteiger partial charge in [0.15, 0.2) is 0 Å². The minimum Gasteiger partial charge on any atom is -0.324 e. The van der Waals surface area contributed by atoms with Gasteiger partial charge < -0.3 is 10.6 Å². The molecule has 1 saturated heterocycles. The van der Waals surface area contributed by atoms with Crippen LogP contribution in [0.15, 0.2) is 58.1 Å². The number of anilines is 2. The minimum absolute atomic E-state index is 0.0899. The summed E-state index contributed by atoms with van der Waals surface area (Å²) in [5, 5.41) is 13.1. The number of aryl methyl sites for hydroxylation is 2. The maximum atomic E-state index is 13.6. The Morgan fingerprint density at radius 3 is 2.78 bits per heavy atom. The maximum Gasteiger partial charge on any atom is 0.261 e. The van der Waals surface area contributed by atoms with E-state index in [9.17, 15) is 4.79 Å². The van der Waals surface area contributed by atoms with Crippen LogP contribution in [-0.4, -0.2) is 38.4 Å². The van der Waals surface area contributed by atoms with E-state index in [2.05, 4.69) is 51.3 Å². The molecule has 0 saturated carbocycles. The standard InChI is InChI=1S/C27H26N6OS3/c1-3-33-24-19(12-21(26(33)34)23-16(2)37-25(31-23)18-8-10-35-15-18)13-29-27(32-24)30-20-6-4-17(5-7-20)22-14-28-9-11-36-22/h4-8,10,12-13,15,22,28H,3,9,11,14H2,1-2H3,(H,29,30,32). The van der Waals surface area contributed by atoms with Crippen LogP contribution < -0.4 is 16.2 Å². The van der Waals surface area contributed by atoms with Gasteiger partial charge in [-0.2, -0.15) is 28.1 Å². The number of thiophene rings is 1. The largest absolute Gasteiger partial charge is 0.324 e. The lowest BCUT2D eigenvalue weighted by Gasteiger charge is -2.22. The molecule has 37 heavy (non-hydrogen) atoms. The molecular weight excluding hydrogens is 521 g/mol. The molecule has 6 rings (SSSR count). The number of thiazole rings is 1. The Hall–Kier alpha value is -3.05. The predicted molar refractivity (Wildman–Crippen MR) is 156 cm³/mol. The van der Waals surface area contributed by atoms with Crippen LogP contribution in [0.5, 0.6) is 0 Å². The van der Waals surface area contributed by atoms with Crippen LogP contribution in [0.1, 0.15) is 22.6 Å². The molecule has 188 valence electrons. The number of benzene rings is 1. The first-order valence-corrected chi connectivity index (χ1v) is 15.0. The Morgan fingerprint density at radius 1 is 1.19 bits per heavy atom. The van der Waals surface area contributed by atoms with E-state index in [1.54, 1.807) is 33.4 Å². The smallest absolute Gasteiger partial charge is 0.261 e. The van der Waals surface area contributed by atoms with Crippen LogP contribution in [0.3, 0.4) is 0 Å². The number of rotatable bonds is 6. The fourth-order valence-corrected chi connectivity index (χ4v) is 7.30. The molecule has 0 radical (unpaired) electrons. The maximum absolute atomic E-state index is 13.6. The average molecular weight is 547 g/mol. The van der Waals surface area contributed by atoms with Gasteiger partial charge in [-0.25, -0.2) is 9.97 Å². The number of nitrogens with one attached hydrogen (secondary N) is 2. The summed E-state index contributed by atoms with van der Waals surface area (Å²) >= 11 is 5.24. The molecule has 1 atom stereocenters. The molecule has 1 aliphatic heterocycles. The lowest BCUT2D eigenvalue weighted by Crippen LogP contribution is -2.28. The first-order valence-electron chi connectivity index (χ1n) is 12.2. The summed E-state index contributed by atoms with van der Waals surface area (Å²) in [5.74, 6) is 1.60. The third-order valence-corrected chi connectivity index (χ3v) is 9.41. The highest BCUT2D eigenvalue weighted by Crippen LogP contribution is 2.34. The quantitative estimate of drug-likeness (QED) is 0.266. The van der Waals surface area contributed by atoms with Crippen molar-refractivity contribution in [1.82, 2.24) is 24.8 Å². The van der Waals surface area contributed by atoms with Gasteiger partial charge in [0.05, 0.1) is 11.3 Å². The lowest BCUT2D eigenvalue weighted by molar-refractivity contribution is 0.689. The van der Waals surface area contributed by atoms with Gasteiger partial charge in [-0.3, -0.25) is 9.36 Å². The molecule has 0 bridgehead atoms. The summed E-state index contributed by atoms with van der Waals surface area (Å²) in [4.78, 5) is 28.7. The molecule has 10 heteroatoms. The summed E-state index contributed by atoms with van der Waals surface area (Å²) in [6.07, 6.45) is 1.78. The number of fused-ring (bicyclic) bond motifs is 1. The van der Waals surface area contributed by atoms with Crippen LogP contribution in [0.25, 0.3) is 32.9 Å². The fraction of sp³-hybridized carbons (Fsp3) is 0.259. The highest BCUT2D eigenvalue weighted by atomic mass is 32.2. The molecule has 2 N–H and O–H groups in total. The summed E-state index contributed by atoms with van der Waals surface area (Å²) in [7, 11) is 0. The molecule has 0 spiro atoms. The van der Waals surface area contributed by atoms with E-state index in [0.717, 1.165) is 51.1 Å². The van der Waals surface area contributed by atoms with E-state index < -0.39 is 0 Å². The number of thioether (sulfide) groups is 1. The van der Waals surface area contributed by atoms with Gasteiger partial charge >= 0.3 is 0 Å². The van der Waals surface area contributed by atoms with Crippen LogP contribution in [-0.2, 0) is 6.54 Å². The van der Waals surface area contributed by atoms with Crippen LogP contribution >= 0.6 is 34.4 Å². The number of aromatic nitrogens is 4. The Morgan fingerprint density at radius 2 is 2.05 bits per heavy atom. The molecule has 5 heterocycles. The summed E-state index contributed by atoms with van der Waals surface area (Å²) in [6, 6.07) is 12.4. The Balaban J connectivity index is 1.32. The second kappa shape index (κ2) is 10.4. The molecule has 1 fully saturated rings. The van der Waals surface area contributed by atoms with Crippen molar-refractivity contribution in [1.29, 1.82) is 0 Å². The first-order chi connectivity index (χ1) is 18.1. The monoisotopic (exact) mass is 546 g/mol. The summed E-state index contributed by atoms with van der Waals surface area (Å²) in [5.41, 5.74) is 5.15. The molecule has 4 aromatic heterocycles. The normalized spacial score (nSPS) is 15.8. The number of pyridine rings is 1. The third kappa shape index (κ3) is 4.82. The van der Waals surface area contributed by atoms with E-state index in [4.69, 9.17) is 9.97 Å². The van der Waals surface area contributed by atoms with Gasteiger partial charge in [-0.15, -0.1) is 11.3 Å². The zero-order chi connectivity index (χ0) is 25.4. The molecule has 0 aliphatic carbocycles. The van der Waals surface area contributed by atoms with E-state index in [0.29, 0.717) is 29.0 Å². The Kier molecular flexibility index (Phi) is 6.81. The van der Waals surface area contributed by atoms with Crippen molar-refractivity contribution < 1.29 is 0 Å². The Labute approximate surface area is 227 Å².